The molecule has 4 nitrogen and oxygen atoms in total. The summed E-state index contributed by atoms with van der Waals surface area (Å²) in [6, 6.07) is 5.38. The minimum atomic E-state index is 0.397. The van der Waals surface area contributed by atoms with E-state index in [9.17, 15) is 0 Å². The van der Waals surface area contributed by atoms with Gasteiger partial charge in [-0.3, -0.25) is 0 Å². The third kappa shape index (κ3) is 2.91. The summed E-state index contributed by atoms with van der Waals surface area (Å²) in [5.74, 6) is 2.46. The van der Waals surface area contributed by atoms with Crippen molar-refractivity contribution >= 4 is 17.3 Å². The van der Waals surface area contributed by atoms with Crippen molar-refractivity contribution in [1.29, 1.82) is 0 Å². The summed E-state index contributed by atoms with van der Waals surface area (Å²) in [6.45, 7) is 2.26. The van der Waals surface area contributed by atoms with E-state index in [1.165, 1.54) is 19.3 Å². The van der Waals surface area contributed by atoms with E-state index < -0.39 is 0 Å². The van der Waals surface area contributed by atoms with E-state index in [0.29, 0.717) is 28.1 Å². The maximum atomic E-state index is 6.19. The Balaban J connectivity index is 1.81. The molecule has 0 spiro atoms. The molecule has 1 aromatic heterocycles. The number of halogens is 1. The fourth-order valence-electron chi connectivity index (χ4n) is 3.10. The van der Waals surface area contributed by atoms with Gasteiger partial charge in [-0.25, -0.2) is 0 Å². The highest BCUT2D eigenvalue weighted by atomic mass is 35.5. The van der Waals surface area contributed by atoms with Crippen LogP contribution in [0.2, 0.25) is 5.02 Å². The third-order valence-corrected chi connectivity index (χ3v) is 4.81. The van der Waals surface area contributed by atoms with Crippen LogP contribution in [-0.4, -0.2) is 10.1 Å². The SMILES string of the molecule is CCC1CCC(c2noc(-c3c(N)cccc3Cl)n2)CC1. The zero-order valence-electron chi connectivity index (χ0n) is 12.2. The van der Waals surface area contributed by atoms with Crippen molar-refractivity contribution in [3.05, 3.63) is 29.0 Å². The van der Waals surface area contributed by atoms with Gasteiger partial charge in [0.2, 0.25) is 0 Å². The molecule has 0 atom stereocenters. The van der Waals surface area contributed by atoms with Crippen LogP contribution < -0.4 is 5.73 Å². The highest BCUT2D eigenvalue weighted by Gasteiger charge is 2.26. The third-order valence-electron chi connectivity index (χ3n) is 4.49. The van der Waals surface area contributed by atoms with Gasteiger partial charge in [0.1, 0.15) is 0 Å². The van der Waals surface area contributed by atoms with Gasteiger partial charge < -0.3 is 10.3 Å². The maximum Gasteiger partial charge on any atom is 0.261 e. The maximum absolute atomic E-state index is 6.19. The van der Waals surface area contributed by atoms with Gasteiger partial charge in [-0.1, -0.05) is 36.2 Å². The molecule has 3 rings (SSSR count). The Kier molecular flexibility index (Phi) is 4.15. The highest BCUT2D eigenvalue weighted by Crippen LogP contribution is 2.37. The Morgan fingerprint density at radius 3 is 2.71 bits per heavy atom. The summed E-state index contributed by atoms with van der Waals surface area (Å²) in [7, 11) is 0. The molecule has 1 fully saturated rings. The van der Waals surface area contributed by atoms with E-state index in [1.807, 2.05) is 6.07 Å². The lowest BCUT2D eigenvalue weighted by Gasteiger charge is -2.25. The van der Waals surface area contributed by atoms with E-state index >= 15 is 0 Å². The van der Waals surface area contributed by atoms with E-state index in [0.717, 1.165) is 24.6 Å². The second-order valence-corrected chi connectivity index (χ2v) is 6.19. The first-order valence-electron chi connectivity index (χ1n) is 7.57. The fourth-order valence-corrected chi connectivity index (χ4v) is 3.36. The minimum absolute atomic E-state index is 0.397. The number of nitrogens with two attached hydrogens (primary N) is 1. The molecule has 2 aromatic rings. The zero-order valence-corrected chi connectivity index (χ0v) is 12.9. The molecular weight excluding hydrogens is 286 g/mol. The molecule has 0 aliphatic heterocycles. The molecule has 1 aliphatic carbocycles. The lowest BCUT2D eigenvalue weighted by Crippen LogP contribution is -2.13. The molecule has 1 aliphatic rings. The van der Waals surface area contributed by atoms with Crippen molar-refractivity contribution in [2.75, 3.05) is 5.73 Å². The van der Waals surface area contributed by atoms with Crippen LogP contribution in [0.3, 0.4) is 0 Å². The molecule has 112 valence electrons. The summed E-state index contributed by atoms with van der Waals surface area (Å²) < 4.78 is 5.39. The Morgan fingerprint density at radius 2 is 2.05 bits per heavy atom. The number of nitrogen functional groups attached to an aromatic ring is 1. The van der Waals surface area contributed by atoms with Gasteiger partial charge in [0, 0.05) is 11.6 Å². The number of nitrogens with zero attached hydrogens (tertiary/aromatic N) is 2. The molecule has 1 saturated carbocycles. The summed E-state index contributed by atoms with van der Waals surface area (Å²) in [4.78, 5) is 4.53. The Labute approximate surface area is 129 Å². The van der Waals surface area contributed by atoms with Gasteiger partial charge in [0.15, 0.2) is 5.82 Å². The van der Waals surface area contributed by atoms with Crippen LogP contribution in [0.15, 0.2) is 22.7 Å². The molecule has 21 heavy (non-hydrogen) atoms. The lowest BCUT2D eigenvalue weighted by molar-refractivity contribution is 0.305. The predicted molar refractivity (Wildman–Crippen MR) is 84.1 cm³/mol. The molecular formula is C16H20ClN3O. The molecule has 0 saturated heterocycles. The fraction of sp³-hybridized carbons (Fsp3) is 0.500. The van der Waals surface area contributed by atoms with Crippen molar-refractivity contribution in [3.63, 3.8) is 0 Å². The van der Waals surface area contributed by atoms with E-state index in [4.69, 9.17) is 21.9 Å². The summed E-state index contributed by atoms with van der Waals surface area (Å²) in [5.41, 5.74) is 7.17. The first-order chi connectivity index (χ1) is 10.2. The lowest BCUT2D eigenvalue weighted by atomic mass is 9.80. The van der Waals surface area contributed by atoms with Crippen molar-refractivity contribution < 1.29 is 4.52 Å². The zero-order chi connectivity index (χ0) is 14.8. The Hall–Kier alpha value is -1.55. The summed E-state index contributed by atoms with van der Waals surface area (Å²) in [6.07, 6.45) is 6.03. The average Bonchev–Trinajstić information content (AvgIpc) is 2.97. The molecule has 1 heterocycles. The van der Waals surface area contributed by atoms with Gasteiger partial charge in [0.25, 0.3) is 5.89 Å². The van der Waals surface area contributed by atoms with Crippen LogP contribution in [0.4, 0.5) is 5.69 Å². The second kappa shape index (κ2) is 6.06. The Morgan fingerprint density at radius 1 is 1.29 bits per heavy atom. The molecule has 0 radical (unpaired) electrons. The number of benzene rings is 1. The van der Waals surface area contributed by atoms with Gasteiger partial charge in [-0.2, -0.15) is 4.98 Å². The van der Waals surface area contributed by atoms with Gasteiger partial charge >= 0.3 is 0 Å². The number of anilines is 1. The summed E-state index contributed by atoms with van der Waals surface area (Å²) >= 11 is 6.19. The normalized spacial score (nSPS) is 22.4. The van der Waals surface area contributed by atoms with Crippen LogP contribution >= 0.6 is 11.6 Å². The van der Waals surface area contributed by atoms with Gasteiger partial charge in [-0.15, -0.1) is 0 Å². The predicted octanol–water partition coefficient (Wildman–Crippen LogP) is 4.66. The van der Waals surface area contributed by atoms with Crippen LogP contribution in [0, 0.1) is 5.92 Å². The number of hydrogen-bond acceptors (Lipinski definition) is 4. The van der Waals surface area contributed by atoms with E-state index in [2.05, 4.69) is 17.1 Å². The van der Waals surface area contributed by atoms with E-state index in [-0.39, 0.29) is 0 Å². The first kappa shape index (κ1) is 14.4. The number of rotatable bonds is 3. The molecule has 2 N–H and O–H groups in total. The number of aromatic nitrogens is 2. The molecule has 1 aromatic carbocycles. The molecule has 5 heteroatoms. The van der Waals surface area contributed by atoms with Crippen LogP contribution in [0.5, 0.6) is 0 Å². The molecule has 0 bridgehead atoms. The van der Waals surface area contributed by atoms with Crippen molar-refractivity contribution in [2.45, 2.75) is 44.9 Å². The highest BCUT2D eigenvalue weighted by molar-refractivity contribution is 6.33. The Bertz CT molecular complexity index is 597. The van der Waals surface area contributed by atoms with Crippen molar-refractivity contribution in [1.82, 2.24) is 10.1 Å². The molecule has 0 amide bonds. The standard InChI is InChI=1S/C16H20ClN3O/c1-2-10-6-8-11(9-7-10)15-19-16(21-20-15)14-12(17)4-3-5-13(14)18/h3-5,10-11H,2,6-9,18H2,1H3. The largest absolute Gasteiger partial charge is 0.398 e. The first-order valence-corrected chi connectivity index (χ1v) is 7.94. The van der Waals surface area contributed by atoms with Crippen LogP contribution in [0.25, 0.3) is 11.5 Å². The molecule has 0 unspecified atom stereocenters. The van der Waals surface area contributed by atoms with Gasteiger partial charge in [0.05, 0.1) is 10.6 Å². The number of hydrogen-bond donors (Lipinski definition) is 1. The topological polar surface area (TPSA) is 64.9 Å². The minimum Gasteiger partial charge on any atom is -0.398 e. The van der Waals surface area contributed by atoms with Crippen LogP contribution in [-0.2, 0) is 0 Å². The smallest absolute Gasteiger partial charge is 0.261 e. The summed E-state index contributed by atoms with van der Waals surface area (Å²) in [5, 5.41) is 4.69. The van der Waals surface area contributed by atoms with Crippen LogP contribution in [0.1, 0.15) is 50.8 Å². The average molecular weight is 306 g/mol. The van der Waals surface area contributed by atoms with Crippen molar-refractivity contribution in [2.24, 2.45) is 5.92 Å². The van der Waals surface area contributed by atoms with Crippen molar-refractivity contribution in [3.8, 4) is 11.5 Å². The monoisotopic (exact) mass is 305 g/mol. The van der Waals surface area contributed by atoms with Gasteiger partial charge in [-0.05, 0) is 43.7 Å². The second-order valence-electron chi connectivity index (χ2n) is 5.79. The van der Waals surface area contributed by atoms with E-state index in [1.54, 1.807) is 12.1 Å². The quantitative estimate of drug-likeness (QED) is 0.838.